The molecule has 70 valence electrons. The zero-order chi connectivity index (χ0) is 10.0. The summed E-state index contributed by atoms with van der Waals surface area (Å²) in [6.07, 6.45) is 0. The second kappa shape index (κ2) is 3.53. The van der Waals surface area contributed by atoms with E-state index < -0.39 is 4.92 Å². The first kappa shape index (κ1) is 9.67. The van der Waals surface area contributed by atoms with Crippen LogP contribution >= 0.6 is 0 Å². The van der Waals surface area contributed by atoms with Gasteiger partial charge in [-0.3, -0.25) is 10.1 Å². The summed E-state index contributed by atoms with van der Waals surface area (Å²) in [6, 6.07) is 4.64. The predicted octanol–water partition coefficient (Wildman–Crippen LogP) is 1.92. The van der Waals surface area contributed by atoms with E-state index in [1.165, 1.54) is 6.07 Å². The average molecular weight is 180 g/mol. The summed E-state index contributed by atoms with van der Waals surface area (Å²) in [7, 11) is 0. The summed E-state index contributed by atoms with van der Waals surface area (Å²) in [6.45, 7) is 3.68. The normalized spacial score (nSPS) is 12.5. The van der Waals surface area contributed by atoms with Gasteiger partial charge in [0.05, 0.1) is 4.92 Å². The molecule has 4 nitrogen and oxygen atoms in total. The molecule has 0 aromatic heterocycles. The van der Waals surface area contributed by atoms with E-state index >= 15 is 0 Å². The van der Waals surface area contributed by atoms with Gasteiger partial charge < -0.3 is 5.73 Å². The van der Waals surface area contributed by atoms with E-state index in [1.54, 1.807) is 12.1 Å². The van der Waals surface area contributed by atoms with E-state index in [9.17, 15) is 10.1 Å². The molecule has 1 aromatic carbocycles. The van der Waals surface area contributed by atoms with E-state index in [2.05, 4.69) is 0 Å². The molecule has 0 radical (unpaired) electrons. The summed E-state index contributed by atoms with van der Waals surface area (Å²) in [4.78, 5) is 10.0. The summed E-state index contributed by atoms with van der Waals surface area (Å²) in [5.41, 5.74) is 7.60. The summed E-state index contributed by atoms with van der Waals surface area (Å²) in [5, 5.41) is 10.4. The van der Waals surface area contributed by atoms with Crippen LogP contribution in [0.5, 0.6) is 0 Å². The number of hydrogen-bond donors (Lipinski definition) is 1. The lowest BCUT2D eigenvalue weighted by atomic mass is 10.0. The van der Waals surface area contributed by atoms with Crippen molar-refractivity contribution < 1.29 is 4.92 Å². The van der Waals surface area contributed by atoms with Crippen molar-refractivity contribution in [2.45, 2.75) is 19.9 Å². The third-order valence-corrected chi connectivity index (χ3v) is 1.95. The minimum Gasteiger partial charge on any atom is -0.324 e. The van der Waals surface area contributed by atoms with Crippen LogP contribution in [0.15, 0.2) is 18.2 Å². The largest absolute Gasteiger partial charge is 0.324 e. The standard InChI is InChI=1S/C9H12N2O2/c1-6-5-8(11(12)13)3-4-9(6)7(2)10/h3-5,7H,10H2,1-2H3/t7-/m1/s1. The molecular formula is C9H12N2O2. The SMILES string of the molecule is Cc1cc([N+](=O)[O-])ccc1[C@@H](C)N. The van der Waals surface area contributed by atoms with Gasteiger partial charge in [0.25, 0.3) is 5.69 Å². The van der Waals surface area contributed by atoms with E-state index in [1.807, 2.05) is 13.8 Å². The summed E-state index contributed by atoms with van der Waals surface area (Å²) < 4.78 is 0. The van der Waals surface area contributed by atoms with Crippen LogP contribution in [-0.2, 0) is 0 Å². The van der Waals surface area contributed by atoms with Gasteiger partial charge in [-0.25, -0.2) is 0 Å². The molecule has 13 heavy (non-hydrogen) atoms. The Balaban J connectivity index is 3.13. The molecule has 4 heteroatoms. The molecule has 0 bridgehead atoms. The molecule has 0 aliphatic carbocycles. The van der Waals surface area contributed by atoms with Gasteiger partial charge in [0.15, 0.2) is 0 Å². The van der Waals surface area contributed by atoms with Crippen molar-refractivity contribution in [1.29, 1.82) is 0 Å². The molecule has 0 amide bonds. The predicted molar refractivity (Wildman–Crippen MR) is 50.4 cm³/mol. The quantitative estimate of drug-likeness (QED) is 0.558. The van der Waals surface area contributed by atoms with Crippen LogP contribution in [0.1, 0.15) is 24.1 Å². The van der Waals surface area contributed by atoms with Gasteiger partial charge in [-0.15, -0.1) is 0 Å². The second-order valence-corrected chi connectivity index (χ2v) is 3.09. The molecule has 0 saturated heterocycles. The van der Waals surface area contributed by atoms with E-state index in [0.717, 1.165) is 11.1 Å². The lowest BCUT2D eigenvalue weighted by Gasteiger charge is -2.08. The Kier molecular flexibility index (Phi) is 2.63. The highest BCUT2D eigenvalue weighted by Crippen LogP contribution is 2.20. The van der Waals surface area contributed by atoms with Crippen molar-refractivity contribution in [2.24, 2.45) is 5.73 Å². The molecule has 0 heterocycles. The van der Waals surface area contributed by atoms with Crippen molar-refractivity contribution in [2.75, 3.05) is 0 Å². The van der Waals surface area contributed by atoms with Gasteiger partial charge >= 0.3 is 0 Å². The highest BCUT2D eigenvalue weighted by Gasteiger charge is 2.09. The fourth-order valence-electron chi connectivity index (χ4n) is 1.28. The molecule has 0 aliphatic heterocycles. The Bertz CT molecular complexity index is 334. The number of nitrogens with two attached hydrogens (primary N) is 1. The van der Waals surface area contributed by atoms with Gasteiger partial charge in [-0.05, 0) is 25.0 Å². The first-order valence-corrected chi connectivity index (χ1v) is 4.03. The first-order chi connectivity index (χ1) is 6.02. The smallest absolute Gasteiger partial charge is 0.269 e. The van der Waals surface area contributed by atoms with Crippen LogP contribution in [0.3, 0.4) is 0 Å². The maximum absolute atomic E-state index is 10.4. The van der Waals surface area contributed by atoms with Gasteiger partial charge in [-0.2, -0.15) is 0 Å². The minimum absolute atomic E-state index is 0.0826. The topological polar surface area (TPSA) is 69.2 Å². The highest BCUT2D eigenvalue weighted by atomic mass is 16.6. The van der Waals surface area contributed by atoms with E-state index in [0.29, 0.717) is 0 Å². The lowest BCUT2D eigenvalue weighted by Crippen LogP contribution is -2.06. The van der Waals surface area contributed by atoms with E-state index in [-0.39, 0.29) is 11.7 Å². The Hall–Kier alpha value is -1.42. The van der Waals surface area contributed by atoms with Crippen molar-refractivity contribution >= 4 is 5.69 Å². The molecule has 0 aliphatic rings. The summed E-state index contributed by atoms with van der Waals surface area (Å²) in [5.74, 6) is 0. The third kappa shape index (κ3) is 2.03. The number of nitrogens with zero attached hydrogens (tertiary/aromatic N) is 1. The fourth-order valence-corrected chi connectivity index (χ4v) is 1.28. The molecule has 0 unspecified atom stereocenters. The van der Waals surface area contributed by atoms with Crippen LogP contribution in [-0.4, -0.2) is 4.92 Å². The fraction of sp³-hybridized carbons (Fsp3) is 0.333. The molecular weight excluding hydrogens is 168 g/mol. The minimum atomic E-state index is -0.405. The van der Waals surface area contributed by atoms with Crippen LogP contribution in [0.25, 0.3) is 0 Å². The Morgan fingerprint density at radius 3 is 2.54 bits per heavy atom. The zero-order valence-corrected chi connectivity index (χ0v) is 7.65. The van der Waals surface area contributed by atoms with Crippen LogP contribution < -0.4 is 5.73 Å². The third-order valence-electron chi connectivity index (χ3n) is 1.95. The molecule has 1 rings (SSSR count). The van der Waals surface area contributed by atoms with E-state index in [4.69, 9.17) is 5.73 Å². The summed E-state index contributed by atoms with van der Waals surface area (Å²) >= 11 is 0. The molecule has 0 saturated carbocycles. The Morgan fingerprint density at radius 2 is 2.15 bits per heavy atom. The van der Waals surface area contributed by atoms with Gasteiger partial charge in [0.1, 0.15) is 0 Å². The van der Waals surface area contributed by atoms with Crippen LogP contribution in [0.2, 0.25) is 0 Å². The number of benzene rings is 1. The maximum Gasteiger partial charge on any atom is 0.269 e. The molecule has 0 fully saturated rings. The first-order valence-electron chi connectivity index (χ1n) is 4.03. The number of nitro benzene ring substituents is 1. The maximum atomic E-state index is 10.4. The van der Waals surface area contributed by atoms with Crippen molar-refractivity contribution in [1.82, 2.24) is 0 Å². The number of hydrogen-bond acceptors (Lipinski definition) is 3. The zero-order valence-electron chi connectivity index (χ0n) is 7.65. The van der Waals surface area contributed by atoms with Crippen molar-refractivity contribution in [3.05, 3.63) is 39.4 Å². The Labute approximate surface area is 76.5 Å². The molecule has 1 atom stereocenters. The van der Waals surface area contributed by atoms with Crippen molar-refractivity contribution in [3.63, 3.8) is 0 Å². The lowest BCUT2D eigenvalue weighted by molar-refractivity contribution is -0.384. The Morgan fingerprint density at radius 1 is 1.54 bits per heavy atom. The number of aryl methyl sites for hydroxylation is 1. The number of non-ortho nitro benzene ring substituents is 1. The van der Waals surface area contributed by atoms with Crippen LogP contribution in [0.4, 0.5) is 5.69 Å². The molecule has 1 aromatic rings. The second-order valence-electron chi connectivity index (χ2n) is 3.09. The van der Waals surface area contributed by atoms with Gasteiger partial charge in [0.2, 0.25) is 0 Å². The average Bonchev–Trinajstić information content (AvgIpc) is 2.03. The van der Waals surface area contributed by atoms with Gasteiger partial charge in [-0.1, -0.05) is 6.07 Å². The monoisotopic (exact) mass is 180 g/mol. The number of rotatable bonds is 2. The molecule has 0 spiro atoms. The highest BCUT2D eigenvalue weighted by molar-refractivity contribution is 5.40. The number of nitro groups is 1. The van der Waals surface area contributed by atoms with Crippen molar-refractivity contribution in [3.8, 4) is 0 Å². The van der Waals surface area contributed by atoms with Crippen LogP contribution in [0, 0.1) is 17.0 Å². The molecule has 2 N–H and O–H groups in total. The van der Waals surface area contributed by atoms with Gasteiger partial charge in [0, 0.05) is 18.2 Å².